The van der Waals surface area contributed by atoms with E-state index >= 15 is 0 Å². The zero-order valence-corrected chi connectivity index (χ0v) is 16.2. The maximum atomic E-state index is 12.4. The van der Waals surface area contributed by atoms with E-state index in [0.29, 0.717) is 24.7 Å². The van der Waals surface area contributed by atoms with Crippen LogP contribution in [0.4, 0.5) is 0 Å². The highest BCUT2D eigenvalue weighted by Gasteiger charge is 2.24. The quantitative estimate of drug-likeness (QED) is 0.759. The van der Waals surface area contributed by atoms with Crippen molar-refractivity contribution in [1.29, 1.82) is 0 Å². The molecule has 144 valence electrons. The first-order valence-electron chi connectivity index (χ1n) is 8.77. The summed E-state index contributed by atoms with van der Waals surface area (Å²) in [5.41, 5.74) is 0.987. The number of hydrogen-bond donors (Lipinski definition) is 0. The van der Waals surface area contributed by atoms with E-state index in [4.69, 9.17) is 9.47 Å². The van der Waals surface area contributed by atoms with E-state index < -0.39 is 9.84 Å². The number of hydrogen-bond acceptors (Lipinski definition) is 5. The van der Waals surface area contributed by atoms with E-state index in [-0.39, 0.29) is 29.1 Å². The zero-order valence-electron chi connectivity index (χ0n) is 15.4. The molecule has 6 nitrogen and oxygen atoms in total. The summed E-state index contributed by atoms with van der Waals surface area (Å²) >= 11 is 0. The summed E-state index contributed by atoms with van der Waals surface area (Å²) in [5.74, 6) is 0.876. The number of benzene rings is 2. The molecule has 0 saturated heterocycles. The summed E-state index contributed by atoms with van der Waals surface area (Å²) < 4.78 is 36.2. The van der Waals surface area contributed by atoms with Crippen molar-refractivity contribution < 1.29 is 22.7 Å². The van der Waals surface area contributed by atoms with Crippen LogP contribution in [0, 0.1) is 6.92 Å². The third kappa shape index (κ3) is 4.80. The van der Waals surface area contributed by atoms with Gasteiger partial charge in [0.25, 0.3) is 0 Å². The first-order valence-corrected chi connectivity index (χ1v) is 10.4. The molecule has 0 aliphatic carbocycles. The van der Waals surface area contributed by atoms with Gasteiger partial charge in [0.05, 0.1) is 17.2 Å². The van der Waals surface area contributed by atoms with E-state index in [2.05, 4.69) is 0 Å². The van der Waals surface area contributed by atoms with Gasteiger partial charge in [0, 0.05) is 13.5 Å². The van der Waals surface area contributed by atoms with E-state index in [0.717, 1.165) is 5.56 Å². The maximum absolute atomic E-state index is 12.4. The second kappa shape index (κ2) is 8.00. The summed E-state index contributed by atoms with van der Waals surface area (Å²) in [7, 11) is -1.84. The monoisotopic (exact) mass is 389 g/mol. The van der Waals surface area contributed by atoms with Crippen molar-refractivity contribution in [3.05, 3.63) is 54.1 Å². The van der Waals surface area contributed by atoms with E-state index in [1.54, 1.807) is 31.3 Å². The molecule has 0 N–H and O–H groups in total. The zero-order chi connectivity index (χ0) is 19.4. The highest BCUT2D eigenvalue weighted by Crippen LogP contribution is 2.31. The molecule has 3 rings (SSSR count). The van der Waals surface area contributed by atoms with Crippen LogP contribution in [0.25, 0.3) is 0 Å². The molecule has 1 aliphatic rings. The van der Waals surface area contributed by atoms with Crippen molar-refractivity contribution in [3.63, 3.8) is 0 Å². The fourth-order valence-corrected chi connectivity index (χ4v) is 4.07. The molecular formula is C20H23NO5S. The second-order valence-corrected chi connectivity index (χ2v) is 8.76. The van der Waals surface area contributed by atoms with Crippen LogP contribution in [0.5, 0.6) is 11.5 Å². The molecule has 7 heteroatoms. The molecule has 0 aromatic heterocycles. The molecule has 0 radical (unpaired) electrons. The third-order valence-corrected chi connectivity index (χ3v) is 6.17. The lowest BCUT2D eigenvalue weighted by Crippen LogP contribution is -2.42. The van der Waals surface area contributed by atoms with E-state index in [9.17, 15) is 13.2 Å². The van der Waals surface area contributed by atoms with Crippen molar-refractivity contribution in [2.45, 2.75) is 24.3 Å². The number of carbonyl (C=O) groups excluding carboxylic acids is 1. The molecule has 0 unspecified atom stereocenters. The molecule has 0 bridgehead atoms. The fraction of sp³-hybridized carbons (Fsp3) is 0.350. The molecule has 1 aliphatic heterocycles. The standard InChI is InChI=1S/C20H23NO5S/c1-15-7-9-17(10-8-15)27(23,24)12-11-20(22)21(2)13-16-14-25-18-5-3-4-6-19(18)26-16/h3-10,16H,11-14H2,1-2H3/t16-/m0/s1. The van der Waals surface area contributed by atoms with Gasteiger partial charge in [-0.3, -0.25) is 4.79 Å². The number of amides is 1. The van der Waals surface area contributed by atoms with Gasteiger partial charge in [-0.05, 0) is 31.2 Å². The first-order chi connectivity index (χ1) is 12.8. The fourth-order valence-electron chi connectivity index (χ4n) is 2.84. The van der Waals surface area contributed by atoms with Crippen LogP contribution in [0.3, 0.4) is 0 Å². The van der Waals surface area contributed by atoms with Crippen molar-refractivity contribution in [2.75, 3.05) is 26.0 Å². The highest BCUT2D eigenvalue weighted by atomic mass is 32.2. The van der Waals surface area contributed by atoms with Gasteiger partial charge < -0.3 is 14.4 Å². The maximum Gasteiger partial charge on any atom is 0.223 e. The molecule has 0 spiro atoms. The minimum Gasteiger partial charge on any atom is -0.486 e. The van der Waals surface area contributed by atoms with Gasteiger partial charge in [-0.1, -0.05) is 29.8 Å². The highest BCUT2D eigenvalue weighted by molar-refractivity contribution is 7.91. The third-order valence-electron chi connectivity index (χ3n) is 4.44. The Balaban J connectivity index is 1.53. The summed E-state index contributed by atoms with van der Waals surface area (Å²) in [4.78, 5) is 14.1. The minimum atomic E-state index is -3.48. The van der Waals surface area contributed by atoms with Gasteiger partial charge in [-0.15, -0.1) is 0 Å². The average Bonchev–Trinajstić information content (AvgIpc) is 2.66. The Morgan fingerprint density at radius 1 is 1.11 bits per heavy atom. The predicted molar refractivity (Wildman–Crippen MR) is 102 cm³/mol. The lowest BCUT2D eigenvalue weighted by atomic mass is 10.2. The smallest absolute Gasteiger partial charge is 0.223 e. The van der Waals surface area contributed by atoms with Crippen LogP contribution in [-0.4, -0.2) is 51.3 Å². The van der Waals surface area contributed by atoms with E-state index in [1.807, 2.05) is 31.2 Å². The van der Waals surface area contributed by atoms with Crippen molar-refractivity contribution in [3.8, 4) is 11.5 Å². The summed E-state index contributed by atoms with van der Waals surface area (Å²) in [6.07, 6.45) is -0.362. The number of ether oxygens (including phenoxy) is 2. The number of likely N-dealkylation sites (N-methyl/N-ethyl adjacent to an activating group) is 1. The van der Waals surface area contributed by atoms with Crippen LogP contribution in [-0.2, 0) is 14.6 Å². The van der Waals surface area contributed by atoms with Gasteiger partial charge in [-0.2, -0.15) is 0 Å². The van der Waals surface area contributed by atoms with Gasteiger partial charge >= 0.3 is 0 Å². The molecule has 0 fully saturated rings. The Bertz CT molecular complexity index is 908. The van der Waals surface area contributed by atoms with Crippen LogP contribution in [0.15, 0.2) is 53.4 Å². The molecule has 27 heavy (non-hydrogen) atoms. The predicted octanol–water partition coefficient (Wildman–Crippen LogP) is 2.46. The van der Waals surface area contributed by atoms with Crippen molar-refractivity contribution >= 4 is 15.7 Å². The van der Waals surface area contributed by atoms with Gasteiger partial charge in [0.1, 0.15) is 6.61 Å². The summed E-state index contributed by atoms with van der Waals surface area (Å²) in [5, 5.41) is 0. The number of fused-ring (bicyclic) bond motifs is 1. The topological polar surface area (TPSA) is 72.9 Å². The van der Waals surface area contributed by atoms with Crippen LogP contribution < -0.4 is 9.47 Å². The van der Waals surface area contributed by atoms with Crippen molar-refractivity contribution in [2.24, 2.45) is 0 Å². The Morgan fingerprint density at radius 3 is 2.48 bits per heavy atom. The Hall–Kier alpha value is -2.54. The molecule has 1 atom stereocenters. The average molecular weight is 389 g/mol. The van der Waals surface area contributed by atoms with Gasteiger partial charge in [-0.25, -0.2) is 8.42 Å². The van der Waals surface area contributed by atoms with Crippen LogP contribution >= 0.6 is 0 Å². The van der Waals surface area contributed by atoms with Crippen LogP contribution in [0.2, 0.25) is 0 Å². The van der Waals surface area contributed by atoms with Crippen molar-refractivity contribution in [1.82, 2.24) is 4.90 Å². The molecular weight excluding hydrogens is 366 g/mol. The number of sulfone groups is 1. The van der Waals surface area contributed by atoms with Gasteiger partial charge in [0.15, 0.2) is 27.4 Å². The molecule has 1 amide bonds. The Kier molecular flexibility index (Phi) is 5.70. The number of nitrogens with zero attached hydrogens (tertiary/aromatic N) is 1. The molecule has 2 aromatic rings. The minimum absolute atomic E-state index is 0.0725. The normalized spacial score (nSPS) is 16.0. The first kappa shape index (κ1) is 19.2. The van der Waals surface area contributed by atoms with Crippen LogP contribution in [0.1, 0.15) is 12.0 Å². The van der Waals surface area contributed by atoms with Gasteiger partial charge in [0.2, 0.25) is 5.91 Å². The summed E-state index contributed by atoms with van der Waals surface area (Å²) in [6.45, 7) is 2.57. The molecule has 1 heterocycles. The number of aryl methyl sites for hydroxylation is 1. The number of rotatable bonds is 6. The molecule has 2 aromatic carbocycles. The number of carbonyl (C=O) groups is 1. The summed E-state index contributed by atoms with van der Waals surface area (Å²) in [6, 6.07) is 14.0. The Labute approximate surface area is 159 Å². The second-order valence-electron chi connectivity index (χ2n) is 6.65. The van der Waals surface area contributed by atoms with E-state index in [1.165, 1.54) is 4.90 Å². The molecule has 0 saturated carbocycles. The largest absolute Gasteiger partial charge is 0.486 e. The Morgan fingerprint density at radius 2 is 1.78 bits per heavy atom. The lowest BCUT2D eigenvalue weighted by molar-refractivity contribution is -0.130. The number of para-hydroxylation sites is 2. The lowest BCUT2D eigenvalue weighted by Gasteiger charge is -2.29. The SMILES string of the molecule is Cc1ccc(S(=O)(=O)CCC(=O)N(C)C[C@H]2COc3ccccc3O2)cc1.